The topological polar surface area (TPSA) is 67.8 Å². The SMILES string of the molecule is COc1cccc2c1C=C(C(=O)Nc1cc(Cl)ccc1O)CO2. The standard InChI is InChI=1S/C17H14ClNO4/c1-22-15-3-2-4-16-12(15)7-10(9-23-16)17(21)19-13-8-11(18)5-6-14(13)20/h2-8,20H,9H2,1H3,(H,19,21). The van der Waals surface area contributed by atoms with Crippen LogP contribution in [0.2, 0.25) is 5.02 Å². The number of hydrogen-bond acceptors (Lipinski definition) is 4. The molecule has 2 aromatic rings. The number of fused-ring (bicyclic) bond motifs is 1. The summed E-state index contributed by atoms with van der Waals surface area (Å²) in [4.78, 5) is 12.4. The summed E-state index contributed by atoms with van der Waals surface area (Å²) in [5.74, 6) is 0.849. The van der Waals surface area contributed by atoms with E-state index in [0.29, 0.717) is 27.7 Å². The molecule has 2 aromatic carbocycles. The molecule has 0 fully saturated rings. The van der Waals surface area contributed by atoms with Gasteiger partial charge in [0.2, 0.25) is 0 Å². The number of ether oxygens (including phenoxy) is 2. The van der Waals surface area contributed by atoms with Gasteiger partial charge >= 0.3 is 0 Å². The van der Waals surface area contributed by atoms with Crippen LogP contribution in [-0.2, 0) is 4.79 Å². The number of rotatable bonds is 3. The van der Waals surface area contributed by atoms with E-state index in [0.717, 1.165) is 0 Å². The van der Waals surface area contributed by atoms with Gasteiger partial charge in [0, 0.05) is 5.02 Å². The molecule has 0 bridgehead atoms. The van der Waals surface area contributed by atoms with Crippen molar-refractivity contribution in [1.29, 1.82) is 0 Å². The zero-order valence-electron chi connectivity index (χ0n) is 12.3. The van der Waals surface area contributed by atoms with Crippen LogP contribution in [0.4, 0.5) is 5.69 Å². The molecular formula is C17H14ClNO4. The second-order valence-corrected chi connectivity index (χ2v) is 5.38. The number of nitrogens with one attached hydrogen (secondary N) is 1. The Balaban J connectivity index is 1.88. The molecular weight excluding hydrogens is 318 g/mol. The van der Waals surface area contributed by atoms with Crippen LogP contribution >= 0.6 is 11.6 Å². The highest BCUT2D eigenvalue weighted by Gasteiger charge is 2.20. The number of carbonyl (C=O) groups excluding carboxylic acids is 1. The summed E-state index contributed by atoms with van der Waals surface area (Å²) in [7, 11) is 1.56. The molecule has 3 rings (SSSR count). The van der Waals surface area contributed by atoms with Crippen molar-refractivity contribution >= 4 is 29.3 Å². The van der Waals surface area contributed by atoms with E-state index < -0.39 is 0 Å². The number of anilines is 1. The average Bonchev–Trinajstić information content (AvgIpc) is 2.57. The Bertz CT molecular complexity index is 801. The largest absolute Gasteiger partial charge is 0.506 e. The van der Waals surface area contributed by atoms with E-state index in [1.54, 1.807) is 19.3 Å². The normalized spacial score (nSPS) is 12.7. The fraction of sp³-hybridized carbons (Fsp3) is 0.118. The molecule has 0 aromatic heterocycles. The number of halogens is 1. The minimum Gasteiger partial charge on any atom is -0.506 e. The average molecular weight is 332 g/mol. The summed E-state index contributed by atoms with van der Waals surface area (Å²) in [5, 5.41) is 12.8. The van der Waals surface area contributed by atoms with E-state index in [9.17, 15) is 9.90 Å². The van der Waals surface area contributed by atoms with E-state index in [4.69, 9.17) is 21.1 Å². The van der Waals surface area contributed by atoms with Gasteiger partial charge in [0.15, 0.2) is 0 Å². The van der Waals surface area contributed by atoms with Crippen LogP contribution in [0, 0.1) is 0 Å². The smallest absolute Gasteiger partial charge is 0.255 e. The predicted octanol–water partition coefficient (Wildman–Crippen LogP) is 3.47. The Morgan fingerprint density at radius 2 is 2.17 bits per heavy atom. The molecule has 0 saturated heterocycles. The molecule has 0 unspecified atom stereocenters. The van der Waals surface area contributed by atoms with Gasteiger partial charge in [-0.05, 0) is 36.4 Å². The Morgan fingerprint density at radius 3 is 2.96 bits per heavy atom. The first kappa shape index (κ1) is 15.2. The molecule has 0 atom stereocenters. The predicted molar refractivity (Wildman–Crippen MR) is 88.2 cm³/mol. The van der Waals surface area contributed by atoms with Crippen molar-refractivity contribution in [3.63, 3.8) is 0 Å². The molecule has 0 aliphatic carbocycles. The molecule has 118 valence electrons. The van der Waals surface area contributed by atoms with Crippen LogP contribution in [0.25, 0.3) is 6.08 Å². The summed E-state index contributed by atoms with van der Waals surface area (Å²) < 4.78 is 10.9. The lowest BCUT2D eigenvalue weighted by molar-refractivity contribution is -0.113. The Hall–Kier alpha value is -2.66. The Morgan fingerprint density at radius 1 is 1.35 bits per heavy atom. The van der Waals surface area contributed by atoms with Crippen LogP contribution in [0.5, 0.6) is 17.2 Å². The molecule has 2 N–H and O–H groups in total. The van der Waals surface area contributed by atoms with Gasteiger partial charge in [-0.1, -0.05) is 17.7 Å². The molecule has 5 nitrogen and oxygen atoms in total. The first-order valence-corrected chi connectivity index (χ1v) is 7.26. The second-order valence-electron chi connectivity index (χ2n) is 4.95. The number of amides is 1. The lowest BCUT2D eigenvalue weighted by Crippen LogP contribution is -2.21. The molecule has 1 aliphatic rings. The van der Waals surface area contributed by atoms with Crippen molar-refractivity contribution in [2.45, 2.75) is 0 Å². The zero-order chi connectivity index (χ0) is 16.4. The number of hydrogen-bond donors (Lipinski definition) is 2. The summed E-state index contributed by atoms with van der Waals surface area (Å²) in [5.41, 5.74) is 1.37. The summed E-state index contributed by atoms with van der Waals surface area (Å²) in [6.07, 6.45) is 1.72. The molecule has 23 heavy (non-hydrogen) atoms. The van der Waals surface area contributed by atoms with Crippen molar-refractivity contribution in [2.75, 3.05) is 19.0 Å². The summed E-state index contributed by atoms with van der Waals surface area (Å²) >= 11 is 5.87. The Labute approximate surface area is 138 Å². The van der Waals surface area contributed by atoms with Crippen molar-refractivity contribution in [3.8, 4) is 17.2 Å². The van der Waals surface area contributed by atoms with E-state index in [1.807, 2.05) is 12.1 Å². The highest BCUT2D eigenvalue weighted by Crippen LogP contribution is 2.34. The Kier molecular flexibility index (Phi) is 4.12. The van der Waals surface area contributed by atoms with Crippen molar-refractivity contribution in [2.24, 2.45) is 0 Å². The lowest BCUT2D eigenvalue weighted by atomic mass is 10.1. The van der Waals surface area contributed by atoms with Crippen LogP contribution in [-0.4, -0.2) is 24.7 Å². The maximum Gasteiger partial charge on any atom is 0.255 e. The first-order valence-electron chi connectivity index (χ1n) is 6.88. The van der Waals surface area contributed by atoms with Gasteiger partial charge in [0.05, 0.1) is 23.9 Å². The number of aromatic hydroxyl groups is 1. The quantitative estimate of drug-likeness (QED) is 0.845. The van der Waals surface area contributed by atoms with Gasteiger partial charge in [-0.3, -0.25) is 4.79 Å². The molecule has 1 amide bonds. The van der Waals surface area contributed by atoms with Crippen LogP contribution in [0.1, 0.15) is 5.56 Å². The fourth-order valence-corrected chi connectivity index (χ4v) is 2.46. The number of methoxy groups -OCH3 is 1. The van der Waals surface area contributed by atoms with Gasteiger partial charge in [-0.15, -0.1) is 0 Å². The maximum absolute atomic E-state index is 12.4. The van der Waals surface area contributed by atoms with Gasteiger partial charge < -0.3 is 19.9 Å². The molecule has 1 aliphatic heterocycles. The highest BCUT2D eigenvalue weighted by atomic mass is 35.5. The van der Waals surface area contributed by atoms with Crippen LogP contribution in [0.15, 0.2) is 42.0 Å². The van der Waals surface area contributed by atoms with Crippen molar-refractivity contribution < 1.29 is 19.4 Å². The van der Waals surface area contributed by atoms with E-state index >= 15 is 0 Å². The van der Waals surface area contributed by atoms with Crippen molar-refractivity contribution in [3.05, 3.63) is 52.6 Å². The van der Waals surface area contributed by atoms with Gasteiger partial charge in [-0.25, -0.2) is 0 Å². The monoisotopic (exact) mass is 331 g/mol. The minimum atomic E-state index is -0.376. The molecule has 6 heteroatoms. The molecule has 0 saturated carbocycles. The van der Waals surface area contributed by atoms with Crippen molar-refractivity contribution in [1.82, 2.24) is 0 Å². The molecule has 0 radical (unpaired) electrons. The summed E-state index contributed by atoms with van der Waals surface area (Å²) in [6.45, 7) is 0.132. The molecule has 0 spiro atoms. The highest BCUT2D eigenvalue weighted by molar-refractivity contribution is 6.31. The van der Waals surface area contributed by atoms with Crippen LogP contribution < -0.4 is 14.8 Å². The van der Waals surface area contributed by atoms with Gasteiger partial charge in [0.1, 0.15) is 23.9 Å². The third-order valence-corrected chi connectivity index (χ3v) is 3.68. The second kappa shape index (κ2) is 6.22. The number of phenols is 1. The third-order valence-electron chi connectivity index (χ3n) is 3.45. The fourth-order valence-electron chi connectivity index (χ4n) is 2.28. The minimum absolute atomic E-state index is 0.0574. The van der Waals surface area contributed by atoms with Gasteiger partial charge in [-0.2, -0.15) is 0 Å². The number of benzene rings is 2. The zero-order valence-corrected chi connectivity index (χ0v) is 13.1. The van der Waals surface area contributed by atoms with Gasteiger partial charge in [0.25, 0.3) is 5.91 Å². The maximum atomic E-state index is 12.4. The lowest BCUT2D eigenvalue weighted by Gasteiger charge is -2.19. The van der Waals surface area contributed by atoms with E-state index in [2.05, 4.69) is 5.32 Å². The summed E-state index contributed by atoms with van der Waals surface area (Å²) in [6, 6.07) is 9.86. The third kappa shape index (κ3) is 3.10. The first-order chi connectivity index (χ1) is 11.1. The van der Waals surface area contributed by atoms with E-state index in [-0.39, 0.29) is 24.0 Å². The number of carbonyl (C=O) groups is 1. The van der Waals surface area contributed by atoms with E-state index in [1.165, 1.54) is 18.2 Å². The van der Waals surface area contributed by atoms with Crippen LogP contribution in [0.3, 0.4) is 0 Å². The molecule has 1 heterocycles. The number of phenolic OH excluding ortho intramolecular Hbond substituents is 1.